The fraction of sp³-hybridized carbons (Fsp3) is 0.333. The lowest BCUT2D eigenvalue weighted by Crippen LogP contribution is -2.24. The third-order valence-corrected chi connectivity index (χ3v) is 2.54. The minimum Gasteiger partial charge on any atom is -0.397 e. The van der Waals surface area contributed by atoms with Gasteiger partial charge < -0.3 is 11.1 Å². The highest BCUT2D eigenvalue weighted by Crippen LogP contribution is 2.20. The first-order valence-electron chi connectivity index (χ1n) is 4.34. The van der Waals surface area contributed by atoms with Crippen molar-refractivity contribution in [1.82, 2.24) is 10.3 Å². The van der Waals surface area contributed by atoms with Gasteiger partial charge in [-0.15, -0.1) is 0 Å². The number of anilines is 1. The van der Waals surface area contributed by atoms with Crippen molar-refractivity contribution in [2.24, 2.45) is 0 Å². The number of rotatable bonds is 4. The highest BCUT2D eigenvalue weighted by molar-refractivity contribution is 8.00. The van der Waals surface area contributed by atoms with Gasteiger partial charge in [0.2, 0.25) is 5.91 Å². The van der Waals surface area contributed by atoms with E-state index in [1.165, 1.54) is 11.8 Å². The van der Waals surface area contributed by atoms with E-state index in [2.05, 4.69) is 10.3 Å². The molecule has 5 heteroatoms. The number of nitrogens with two attached hydrogens (primary N) is 1. The van der Waals surface area contributed by atoms with E-state index >= 15 is 0 Å². The Bertz CT molecular complexity index is 317. The first-order valence-corrected chi connectivity index (χ1v) is 5.32. The van der Waals surface area contributed by atoms with E-state index in [0.29, 0.717) is 23.0 Å². The van der Waals surface area contributed by atoms with Crippen LogP contribution in [-0.4, -0.2) is 23.2 Å². The first-order chi connectivity index (χ1) is 6.74. The summed E-state index contributed by atoms with van der Waals surface area (Å²) >= 11 is 1.35. The minimum atomic E-state index is 0.00236. The number of hydrogen-bond acceptors (Lipinski definition) is 4. The molecule has 14 heavy (non-hydrogen) atoms. The molecule has 0 aliphatic rings. The second kappa shape index (κ2) is 5.49. The van der Waals surface area contributed by atoms with Gasteiger partial charge in [0, 0.05) is 12.7 Å². The van der Waals surface area contributed by atoms with Crippen molar-refractivity contribution in [2.45, 2.75) is 11.9 Å². The maximum absolute atomic E-state index is 11.1. The molecule has 1 aromatic rings. The number of pyridine rings is 1. The van der Waals surface area contributed by atoms with Crippen LogP contribution in [0.4, 0.5) is 5.69 Å². The molecule has 0 aliphatic heterocycles. The summed E-state index contributed by atoms with van der Waals surface area (Å²) in [4.78, 5) is 15.2. The van der Waals surface area contributed by atoms with Gasteiger partial charge in [0.05, 0.1) is 11.4 Å². The zero-order valence-corrected chi connectivity index (χ0v) is 8.80. The van der Waals surface area contributed by atoms with Crippen LogP contribution in [0, 0.1) is 0 Å². The molecule has 76 valence electrons. The Kier molecular flexibility index (Phi) is 4.25. The molecule has 0 bridgehead atoms. The summed E-state index contributed by atoms with van der Waals surface area (Å²) in [6, 6.07) is 3.54. The SMILES string of the molecule is CCNC(=O)CSc1ncccc1N. The number of thioether (sulfide) groups is 1. The second-order valence-electron chi connectivity index (χ2n) is 2.64. The van der Waals surface area contributed by atoms with Crippen LogP contribution >= 0.6 is 11.8 Å². The van der Waals surface area contributed by atoms with Gasteiger partial charge in [-0.05, 0) is 19.1 Å². The Morgan fingerprint density at radius 2 is 2.50 bits per heavy atom. The molecule has 0 atom stereocenters. The molecule has 0 radical (unpaired) electrons. The fourth-order valence-electron chi connectivity index (χ4n) is 0.906. The summed E-state index contributed by atoms with van der Waals surface area (Å²) in [5.74, 6) is 0.359. The molecule has 1 rings (SSSR count). The van der Waals surface area contributed by atoms with Gasteiger partial charge in [0.15, 0.2) is 0 Å². The third kappa shape index (κ3) is 3.26. The predicted octanol–water partition coefficient (Wildman–Crippen LogP) is 0.892. The van der Waals surface area contributed by atoms with E-state index in [1.54, 1.807) is 18.3 Å². The average molecular weight is 211 g/mol. The van der Waals surface area contributed by atoms with E-state index in [1.807, 2.05) is 6.92 Å². The third-order valence-electron chi connectivity index (χ3n) is 1.51. The van der Waals surface area contributed by atoms with Gasteiger partial charge in [-0.3, -0.25) is 4.79 Å². The average Bonchev–Trinajstić information content (AvgIpc) is 2.17. The molecular weight excluding hydrogens is 198 g/mol. The predicted molar refractivity (Wildman–Crippen MR) is 58.1 cm³/mol. The van der Waals surface area contributed by atoms with Crippen molar-refractivity contribution >= 4 is 23.4 Å². The number of aromatic nitrogens is 1. The Balaban J connectivity index is 2.46. The quantitative estimate of drug-likeness (QED) is 0.726. The van der Waals surface area contributed by atoms with Crippen molar-refractivity contribution in [1.29, 1.82) is 0 Å². The molecule has 0 saturated carbocycles. The molecule has 0 saturated heterocycles. The van der Waals surface area contributed by atoms with Crippen molar-refractivity contribution in [2.75, 3.05) is 18.0 Å². The summed E-state index contributed by atoms with van der Waals surface area (Å²) in [6.07, 6.45) is 1.66. The smallest absolute Gasteiger partial charge is 0.230 e. The van der Waals surface area contributed by atoms with Crippen molar-refractivity contribution in [3.8, 4) is 0 Å². The van der Waals surface area contributed by atoms with Gasteiger partial charge in [-0.25, -0.2) is 4.98 Å². The normalized spacial score (nSPS) is 9.79. The first kappa shape index (κ1) is 10.8. The number of nitrogens with one attached hydrogen (secondary N) is 1. The van der Waals surface area contributed by atoms with Crippen LogP contribution in [0.15, 0.2) is 23.4 Å². The monoisotopic (exact) mass is 211 g/mol. The van der Waals surface area contributed by atoms with E-state index < -0.39 is 0 Å². The Morgan fingerprint density at radius 3 is 3.14 bits per heavy atom. The molecule has 4 nitrogen and oxygen atoms in total. The van der Waals surface area contributed by atoms with Crippen molar-refractivity contribution in [3.05, 3.63) is 18.3 Å². The van der Waals surface area contributed by atoms with Gasteiger partial charge in [-0.1, -0.05) is 11.8 Å². The van der Waals surface area contributed by atoms with Crippen LogP contribution in [0.1, 0.15) is 6.92 Å². The van der Waals surface area contributed by atoms with Crippen LogP contribution in [0.3, 0.4) is 0 Å². The van der Waals surface area contributed by atoms with Crippen LogP contribution in [0.25, 0.3) is 0 Å². The molecule has 1 heterocycles. The maximum atomic E-state index is 11.1. The van der Waals surface area contributed by atoms with Crippen LogP contribution in [0.5, 0.6) is 0 Å². The van der Waals surface area contributed by atoms with Crippen LogP contribution in [-0.2, 0) is 4.79 Å². The van der Waals surface area contributed by atoms with Crippen LogP contribution in [0.2, 0.25) is 0 Å². The highest BCUT2D eigenvalue weighted by Gasteiger charge is 2.04. The van der Waals surface area contributed by atoms with Gasteiger partial charge >= 0.3 is 0 Å². The van der Waals surface area contributed by atoms with Gasteiger partial charge in [0.25, 0.3) is 0 Å². The van der Waals surface area contributed by atoms with Crippen LogP contribution < -0.4 is 11.1 Å². The molecule has 3 N–H and O–H groups in total. The minimum absolute atomic E-state index is 0.00236. The molecule has 0 fully saturated rings. The van der Waals surface area contributed by atoms with Crippen molar-refractivity contribution < 1.29 is 4.79 Å². The van der Waals surface area contributed by atoms with Crippen molar-refractivity contribution in [3.63, 3.8) is 0 Å². The van der Waals surface area contributed by atoms with E-state index in [0.717, 1.165) is 0 Å². The fourth-order valence-corrected chi connectivity index (χ4v) is 1.65. The summed E-state index contributed by atoms with van der Waals surface area (Å²) < 4.78 is 0. The second-order valence-corrected chi connectivity index (χ2v) is 3.60. The lowest BCUT2D eigenvalue weighted by molar-refractivity contribution is -0.118. The summed E-state index contributed by atoms with van der Waals surface area (Å²) in [7, 11) is 0. The molecule has 1 amide bonds. The molecular formula is C9H13N3OS. The Labute approximate surface area is 87.3 Å². The molecule has 0 unspecified atom stereocenters. The zero-order chi connectivity index (χ0) is 10.4. The maximum Gasteiger partial charge on any atom is 0.230 e. The molecule has 0 spiro atoms. The lowest BCUT2D eigenvalue weighted by Gasteiger charge is -2.03. The summed E-state index contributed by atoms with van der Waals surface area (Å²) in [5.41, 5.74) is 6.28. The number of nitrogens with zero attached hydrogens (tertiary/aromatic N) is 1. The highest BCUT2D eigenvalue weighted by atomic mass is 32.2. The number of nitrogen functional groups attached to an aromatic ring is 1. The zero-order valence-electron chi connectivity index (χ0n) is 7.99. The van der Waals surface area contributed by atoms with E-state index in [9.17, 15) is 4.79 Å². The van der Waals surface area contributed by atoms with Gasteiger partial charge in [-0.2, -0.15) is 0 Å². The Morgan fingerprint density at radius 1 is 1.71 bits per heavy atom. The van der Waals surface area contributed by atoms with Gasteiger partial charge in [0.1, 0.15) is 5.03 Å². The molecule has 1 aromatic heterocycles. The number of hydrogen-bond donors (Lipinski definition) is 2. The summed E-state index contributed by atoms with van der Waals surface area (Å²) in [5, 5.41) is 3.41. The molecule has 0 aromatic carbocycles. The lowest BCUT2D eigenvalue weighted by atomic mass is 10.4. The summed E-state index contributed by atoms with van der Waals surface area (Å²) in [6.45, 7) is 2.54. The number of amides is 1. The standard InChI is InChI=1S/C9H13N3OS/c1-2-11-8(13)6-14-9-7(10)4-3-5-12-9/h3-5H,2,6,10H2,1H3,(H,11,13). The largest absolute Gasteiger partial charge is 0.397 e. The topological polar surface area (TPSA) is 68.0 Å². The molecule has 0 aliphatic carbocycles. The number of carbonyl (C=O) groups is 1. The van der Waals surface area contributed by atoms with E-state index in [-0.39, 0.29) is 5.91 Å². The Hall–Kier alpha value is -1.23. The van der Waals surface area contributed by atoms with E-state index in [4.69, 9.17) is 5.73 Å². The number of carbonyl (C=O) groups excluding carboxylic acids is 1.